The minimum atomic E-state index is -0.0114. The van der Waals surface area contributed by atoms with Gasteiger partial charge in [-0.3, -0.25) is 9.69 Å². The first-order valence-corrected chi connectivity index (χ1v) is 10.9. The van der Waals surface area contributed by atoms with Crippen molar-refractivity contribution in [3.8, 4) is 11.1 Å². The van der Waals surface area contributed by atoms with Gasteiger partial charge < -0.3 is 4.98 Å². The van der Waals surface area contributed by atoms with Gasteiger partial charge in [0.25, 0.3) is 5.56 Å². The van der Waals surface area contributed by atoms with E-state index in [1.165, 1.54) is 32.1 Å². The second kappa shape index (κ2) is 7.21. The molecule has 0 amide bonds. The summed E-state index contributed by atoms with van der Waals surface area (Å²) < 4.78 is 0. The number of hydrogen-bond donors (Lipinski definition) is 1. The number of thiophene rings is 1. The highest BCUT2D eigenvalue weighted by Crippen LogP contribution is 2.36. The summed E-state index contributed by atoms with van der Waals surface area (Å²) in [5.74, 6) is 2.58. The topological polar surface area (TPSA) is 49.0 Å². The normalized spacial score (nSPS) is 23.4. The van der Waals surface area contributed by atoms with Gasteiger partial charge in [0.15, 0.2) is 0 Å². The second-order valence-corrected chi connectivity index (χ2v) is 8.89. The lowest BCUT2D eigenvalue weighted by Crippen LogP contribution is -2.41. The molecule has 0 radical (unpaired) electrons. The summed E-state index contributed by atoms with van der Waals surface area (Å²) in [5.41, 5.74) is 2.05. The zero-order valence-corrected chi connectivity index (χ0v) is 16.3. The van der Waals surface area contributed by atoms with Crippen molar-refractivity contribution in [1.82, 2.24) is 14.9 Å². The van der Waals surface area contributed by atoms with Crippen LogP contribution in [0.25, 0.3) is 21.3 Å². The number of benzene rings is 1. The van der Waals surface area contributed by atoms with Gasteiger partial charge in [-0.1, -0.05) is 49.6 Å². The van der Waals surface area contributed by atoms with Crippen molar-refractivity contribution >= 4 is 21.6 Å². The number of piperidine rings is 1. The van der Waals surface area contributed by atoms with Gasteiger partial charge in [-0.25, -0.2) is 4.98 Å². The van der Waals surface area contributed by atoms with Gasteiger partial charge in [0.2, 0.25) is 0 Å². The Bertz CT molecular complexity index is 994. The minimum absolute atomic E-state index is 0.0114. The van der Waals surface area contributed by atoms with Gasteiger partial charge in [0.1, 0.15) is 10.7 Å². The maximum Gasteiger partial charge on any atom is 0.260 e. The standard InChI is InChI=1S/C22H25N3OS/c26-21-20-18(16-7-2-1-3-8-16)14-27-22(20)24-19(23-21)13-25-11-10-15-6-4-5-9-17(15)12-25/h1-3,7-8,14-15,17H,4-6,9-13H2,(H,23,24,26)/t15-,17-/m1/s1. The summed E-state index contributed by atoms with van der Waals surface area (Å²) >= 11 is 1.57. The lowest BCUT2D eigenvalue weighted by molar-refractivity contribution is 0.0803. The lowest BCUT2D eigenvalue weighted by atomic mass is 9.75. The third-order valence-corrected chi connectivity index (χ3v) is 7.20. The molecule has 5 heteroatoms. The molecule has 1 aliphatic heterocycles. The second-order valence-electron chi connectivity index (χ2n) is 8.04. The van der Waals surface area contributed by atoms with E-state index in [4.69, 9.17) is 4.98 Å². The Morgan fingerprint density at radius 3 is 2.78 bits per heavy atom. The van der Waals surface area contributed by atoms with Gasteiger partial charge in [-0.05, 0) is 36.8 Å². The number of aromatic amines is 1. The molecule has 0 bridgehead atoms. The van der Waals surface area contributed by atoms with E-state index in [1.807, 2.05) is 30.3 Å². The van der Waals surface area contributed by atoms with E-state index in [0.29, 0.717) is 0 Å². The Labute approximate surface area is 163 Å². The summed E-state index contributed by atoms with van der Waals surface area (Å²) in [6.45, 7) is 3.04. The lowest BCUT2D eigenvalue weighted by Gasteiger charge is -2.41. The Morgan fingerprint density at radius 1 is 1.11 bits per heavy atom. The maximum atomic E-state index is 12.8. The van der Waals surface area contributed by atoms with E-state index in [9.17, 15) is 4.79 Å². The van der Waals surface area contributed by atoms with Crippen molar-refractivity contribution in [3.05, 3.63) is 51.9 Å². The predicted octanol–water partition coefficient (Wildman–Crippen LogP) is 4.66. The summed E-state index contributed by atoms with van der Waals surface area (Å²) in [6.07, 6.45) is 6.88. The molecule has 1 saturated heterocycles. The molecule has 1 aliphatic carbocycles. The number of nitrogens with one attached hydrogen (secondary N) is 1. The molecule has 2 atom stereocenters. The van der Waals surface area contributed by atoms with Crippen molar-refractivity contribution in [2.45, 2.75) is 38.6 Å². The van der Waals surface area contributed by atoms with Gasteiger partial charge in [0, 0.05) is 17.5 Å². The molecule has 3 heterocycles. The molecule has 2 aromatic heterocycles. The van der Waals surface area contributed by atoms with E-state index >= 15 is 0 Å². The number of nitrogens with zero attached hydrogens (tertiary/aromatic N) is 2. The fraction of sp³-hybridized carbons (Fsp3) is 0.455. The summed E-state index contributed by atoms with van der Waals surface area (Å²) in [5, 5.41) is 2.78. The average Bonchev–Trinajstić information content (AvgIpc) is 3.13. The van der Waals surface area contributed by atoms with Gasteiger partial charge in [-0.15, -0.1) is 11.3 Å². The van der Waals surface area contributed by atoms with Crippen LogP contribution in [0, 0.1) is 11.8 Å². The summed E-state index contributed by atoms with van der Waals surface area (Å²) in [4.78, 5) is 24.0. The molecular weight excluding hydrogens is 354 g/mol. The molecule has 4 nitrogen and oxygen atoms in total. The predicted molar refractivity (Wildman–Crippen MR) is 111 cm³/mol. The number of fused-ring (bicyclic) bond motifs is 2. The highest BCUT2D eigenvalue weighted by Gasteiger charge is 2.31. The number of H-pyrrole nitrogens is 1. The van der Waals surface area contributed by atoms with Crippen molar-refractivity contribution in [3.63, 3.8) is 0 Å². The number of likely N-dealkylation sites (tertiary alicyclic amines) is 1. The molecular formula is C22H25N3OS. The van der Waals surface area contributed by atoms with Crippen LogP contribution < -0.4 is 5.56 Å². The SMILES string of the molecule is O=c1[nH]c(CN2CC[C@H]3CCCC[C@@H]3C2)nc2scc(-c3ccccc3)c12. The molecule has 0 spiro atoms. The van der Waals surface area contributed by atoms with Gasteiger partial charge in [0.05, 0.1) is 11.9 Å². The van der Waals surface area contributed by atoms with E-state index in [1.54, 1.807) is 11.3 Å². The van der Waals surface area contributed by atoms with Gasteiger partial charge in [-0.2, -0.15) is 0 Å². The van der Waals surface area contributed by atoms with Crippen LogP contribution in [0.15, 0.2) is 40.5 Å². The first-order valence-electron chi connectivity index (χ1n) is 10.1. The highest BCUT2D eigenvalue weighted by atomic mass is 32.1. The number of aromatic nitrogens is 2. The average molecular weight is 380 g/mol. The molecule has 1 aromatic carbocycles. The minimum Gasteiger partial charge on any atom is -0.309 e. The molecule has 2 fully saturated rings. The van der Waals surface area contributed by atoms with E-state index in [2.05, 4.69) is 15.3 Å². The smallest absolute Gasteiger partial charge is 0.260 e. The van der Waals surface area contributed by atoms with Crippen molar-refractivity contribution in [2.24, 2.45) is 11.8 Å². The van der Waals surface area contributed by atoms with Crippen LogP contribution in [-0.4, -0.2) is 28.0 Å². The van der Waals surface area contributed by atoms with Crippen molar-refractivity contribution in [2.75, 3.05) is 13.1 Å². The first-order chi connectivity index (χ1) is 13.3. The van der Waals surface area contributed by atoms with E-state index in [-0.39, 0.29) is 5.56 Å². The van der Waals surface area contributed by atoms with Crippen molar-refractivity contribution in [1.29, 1.82) is 0 Å². The van der Waals surface area contributed by atoms with E-state index in [0.717, 1.165) is 58.6 Å². The zero-order chi connectivity index (χ0) is 18.2. The third-order valence-electron chi connectivity index (χ3n) is 6.33. The molecule has 3 aromatic rings. The Kier molecular flexibility index (Phi) is 4.58. The molecule has 1 N–H and O–H groups in total. The van der Waals surface area contributed by atoms with Crippen LogP contribution in [0.3, 0.4) is 0 Å². The monoisotopic (exact) mass is 379 g/mol. The summed E-state index contributed by atoms with van der Waals surface area (Å²) in [7, 11) is 0. The molecule has 5 rings (SSSR count). The van der Waals surface area contributed by atoms with Gasteiger partial charge >= 0.3 is 0 Å². The molecule has 2 aliphatic rings. The van der Waals surface area contributed by atoms with Crippen LogP contribution in [-0.2, 0) is 6.54 Å². The molecule has 27 heavy (non-hydrogen) atoms. The van der Waals surface area contributed by atoms with Crippen LogP contribution in [0.4, 0.5) is 0 Å². The number of rotatable bonds is 3. The fourth-order valence-electron chi connectivity index (χ4n) is 4.93. The van der Waals surface area contributed by atoms with Crippen LogP contribution in [0.1, 0.15) is 37.9 Å². The van der Waals surface area contributed by atoms with Crippen LogP contribution in [0.5, 0.6) is 0 Å². The maximum absolute atomic E-state index is 12.8. The quantitative estimate of drug-likeness (QED) is 0.720. The third kappa shape index (κ3) is 3.34. The summed E-state index contributed by atoms with van der Waals surface area (Å²) in [6, 6.07) is 10.1. The highest BCUT2D eigenvalue weighted by molar-refractivity contribution is 7.17. The number of hydrogen-bond acceptors (Lipinski definition) is 4. The largest absolute Gasteiger partial charge is 0.309 e. The van der Waals surface area contributed by atoms with Crippen LogP contribution >= 0.6 is 11.3 Å². The van der Waals surface area contributed by atoms with E-state index < -0.39 is 0 Å². The Balaban J connectivity index is 1.40. The zero-order valence-electron chi connectivity index (χ0n) is 15.5. The van der Waals surface area contributed by atoms with Crippen molar-refractivity contribution < 1.29 is 0 Å². The Morgan fingerprint density at radius 2 is 1.93 bits per heavy atom. The first kappa shape index (κ1) is 17.1. The molecule has 140 valence electrons. The Hall–Kier alpha value is -1.98. The van der Waals surface area contributed by atoms with Crippen LogP contribution in [0.2, 0.25) is 0 Å². The fourth-order valence-corrected chi connectivity index (χ4v) is 5.90. The molecule has 0 unspecified atom stereocenters. The molecule has 1 saturated carbocycles.